The molecular formula is C47H59BO2. The Hall–Kier alpha value is -3.92. The Balaban J connectivity index is 2.06. The van der Waals surface area contributed by atoms with Gasteiger partial charge in [0.1, 0.15) is 0 Å². The Morgan fingerprint density at radius 2 is 1.54 bits per heavy atom. The largest absolute Gasteiger partial charge is 0.494 e. The molecule has 0 spiro atoms. The monoisotopic (exact) mass is 666 g/mol. The topological polar surface area (TPSA) is 18.5 Å². The lowest BCUT2D eigenvalue weighted by Gasteiger charge is -2.47. The summed E-state index contributed by atoms with van der Waals surface area (Å²) in [6, 6.07) is 19.8. The highest BCUT2D eigenvalue weighted by atomic mass is 16.7. The van der Waals surface area contributed by atoms with E-state index in [0.717, 1.165) is 37.6 Å². The van der Waals surface area contributed by atoms with Crippen LogP contribution in [0.4, 0.5) is 0 Å². The van der Waals surface area contributed by atoms with Crippen LogP contribution in [-0.2, 0) is 9.31 Å². The van der Waals surface area contributed by atoms with Gasteiger partial charge in [0.05, 0.1) is 11.2 Å². The number of allylic oxidation sites excluding steroid dienone is 15. The van der Waals surface area contributed by atoms with E-state index < -0.39 is 18.3 Å². The number of rotatable bonds is 16. The molecule has 1 saturated heterocycles. The second-order valence-corrected chi connectivity index (χ2v) is 14.7. The van der Waals surface area contributed by atoms with Crippen molar-refractivity contribution in [3.8, 4) is 0 Å². The van der Waals surface area contributed by atoms with E-state index in [1.54, 1.807) is 0 Å². The van der Waals surface area contributed by atoms with Crippen LogP contribution in [0.3, 0.4) is 0 Å². The lowest BCUT2D eigenvalue weighted by Crippen LogP contribution is -2.41. The first-order chi connectivity index (χ1) is 24.0. The van der Waals surface area contributed by atoms with Crippen molar-refractivity contribution in [2.45, 2.75) is 91.8 Å². The first-order valence-electron chi connectivity index (χ1n) is 18.5. The SMILES string of the molecule is C=C/C=C(\C=C/CC)C1C(c2ccc(B3OC(C)(C)C(C)(C)O3)cc2)=C(c2ccccc2)C(/C=C/CCCC=C)=CC1(C)C(C=C)C/C=C/C. The molecule has 3 heteroatoms. The summed E-state index contributed by atoms with van der Waals surface area (Å²) in [5, 5.41) is 0. The molecule has 0 radical (unpaired) electrons. The van der Waals surface area contributed by atoms with Gasteiger partial charge < -0.3 is 9.31 Å². The van der Waals surface area contributed by atoms with Crippen molar-refractivity contribution in [3.63, 3.8) is 0 Å². The van der Waals surface area contributed by atoms with E-state index in [4.69, 9.17) is 9.31 Å². The minimum atomic E-state index is -0.423. The number of benzene rings is 2. The molecule has 0 bridgehead atoms. The molecule has 3 unspecified atom stereocenters. The molecule has 0 saturated carbocycles. The summed E-state index contributed by atoms with van der Waals surface area (Å²) in [6.07, 6.45) is 29.5. The van der Waals surface area contributed by atoms with Crippen LogP contribution in [0.15, 0.2) is 152 Å². The third kappa shape index (κ3) is 8.51. The lowest BCUT2D eigenvalue weighted by molar-refractivity contribution is 0.00578. The van der Waals surface area contributed by atoms with Gasteiger partial charge in [-0.15, -0.1) is 13.2 Å². The second-order valence-electron chi connectivity index (χ2n) is 14.7. The van der Waals surface area contributed by atoms with E-state index in [-0.39, 0.29) is 17.3 Å². The third-order valence-corrected chi connectivity index (χ3v) is 10.7. The molecule has 1 fully saturated rings. The van der Waals surface area contributed by atoms with Crippen LogP contribution < -0.4 is 5.46 Å². The predicted molar refractivity (Wildman–Crippen MR) is 219 cm³/mol. The average molecular weight is 667 g/mol. The highest BCUT2D eigenvalue weighted by Crippen LogP contribution is 2.57. The molecule has 0 aromatic heterocycles. The maximum absolute atomic E-state index is 6.46. The van der Waals surface area contributed by atoms with Crippen molar-refractivity contribution in [1.82, 2.24) is 0 Å². The van der Waals surface area contributed by atoms with Gasteiger partial charge in [-0.25, -0.2) is 0 Å². The standard InChI is InChI=1S/C47H59BO2/c1-11-16-19-20-22-29-39-35-47(10,40(15-5)30-18-13-3)44(38(25-14-4)26-17-12-2)43(42(39)36-27-23-21-24-28-36)37-31-33-41(34-32-37)48-49-45(6,7)46(8,9)50-48/h11,13-15,17-18,21-29,31-35,40,44H,1,4-5,12,16,19-20,30H2,2-3,6-10H3/b18-13+,26-17-,29-22+,38-25+. The molecule has 1 aliphatic carbocycles. The van der Waals surface area contributed by atoms with Crippen molar-refractivity contribution in [2.75, 3.05) is 0 Å². The minimum absolute atomic E-state index is 0.00683. The first kappa shape index (κ1) is 38.9. The van der Waals surface area contributed by atoms with Crippen molar-refractivity contribution in [1.29, 1.82) is 0 Å². The molecule has 4 rings (SSSR count). The van der Waals surface area contributed by atoms with Crippen molar-refractivity contribution >= 4 is 23.7 Å². The number of hydrogen-bond donors (Lipinski definition) is 0. The molecular weight excluding hydrogens is 607 g/mol. The Bertz CT molecular complexity index is 1640. The minimum Gasteiger partial charge on any atom is -0.399 e. The van der Waals surface area contributed by atoms with Crippen LogP contribution in [0.25, 0.3) is 11.1 Å². The maximum Gasteiger partial charge on any atom is 0.494 e. The molecule has 2 aromatic carbocycles. The highest BCUT2D eigenvalue weighted by molar-refractivity contribution is 6.62. The molecule has 1 aliphatic heterocycles. The number of unbranched alkanes of at least 4 members (excludes halogenated alkanes) is 2. The molecule has 262 valence electrons. The fourth-order valence-electron chi connectivity index (χ4n) is 7.23. The summed E-state index contributed by atoms with van der Waals surface area (Å²) in [4.78, 5) is 0. The van der Waals surface area contributed by atoms with Gasteiger partial charge in [-0.05, 0) is 112 Å². The van der Waals surface area contributed by atoms with Gasteiger partial charge in [-0.1, -0.05) is 142 Å². The Morgan fingerprint density at radius 3 is 2.12 bits per heavy atom. The van der Waals surface area contributed by atoms with Crippen LogP contribution in [0, 0.1) is 17.3 Å². The van der Waals surface area contributed by atoms with Crippen LogP contribution in [0.5, 0.6) is 0 Å². The van der Waals surface area contributed by atoms with E-state index in [1.165, 1.54) is 33.4 Å². The Morgan fingerprint density at radius 1 is 0.860 bits per heavy atom. The van der Waals surface area contributed by atoms with E-state index >= 15 is 0 Å². The van der Waals surface area contributed by atoms with Crippen molar-refractivity contribution in [2.24, 2.45) is 17.3 Å². The summed E-state index contributed by atoms with van der Waals surface area (Å²) < 4.78 is 12.9. The first-order valence-corrected chi connectivity index (χ1v) is 18.5. The predicted octanol–water partition coefficient (Wildman–Crippen LogP) is 12.2. The summed E-state index contributed by atoms with van der Waals surface area (Å²) in [6.45, 7) is 27.7. The molecule has 1 heterocycles. The summed E-state index contributed by atoms with van der Waals surface area (Å²) in [7, 11) is -0.423. The van der Waals surface area contributed by atoms with Crippen molar-refractivity contribution in [3.05, 3.63) is 163 Å². The van der Waals surface area contributed by atoms with E-state index in [0.29, 0.717) is 0 Å². The van der Waals surface area contributed by atoms with Gasteiger partial charge >= 0.3 is 7.12 Å². The fraction of sp³-hybridized carbons (Fsp3) is 0.362. The molecule has 0 N–H and O–H groups in total. The van der Waals surface area contributed by atoms with Crippen molar-refractivity contribution < 1.29 is 9.31 Å². The maximum atomic E-state index is 6.46. The van der Waals surface area contributed by atoms with Crippen LogP contribution in [0.2, 0.25) is 0 Å². The van der Waals surface area contributed by atoms with Crippen LogP contribution >= 0.6 is 0 Å². The molecule has 2 aliphatic rings. The van der Waals surface area contributed by atoms with Gasteiger partial charge in [-0.2, -0.15) is 0 Å². The van der Waals surface area contributed by atoms with E-state index in [9.17, 15) is 0 Å². The van der Waals surface area contributed by atoms with E-state index in [1.807, 2.05) is 12.2 Å². The highest BCUT2D eigenvalue weighted by Gasteiger charge is 2.52. The van der Waals surface area contributed by atoms with Crippen LogP contribution in [0.1, 0.15) is 91.7 Å². The smallest absolute Gasteiger partial charge is 0.399 e. The lowest BCUT2D eigenvalue weighted by atomic mass is 9.56. The molecule has 2 nitrogen and oxygen atoms in total. The van der Waals surface area contributed by atoms with Gasteiger partial charge in [0, 0.05) is 11.3 Å². The molecule has 3 atom stereocenters. The fourth-order valence-corrected chi connectivity index (χ4v) is 7.23. The van der Waals surface area contributed by atoms with Gasteiger partial charge in [-0.3, -0.25) is 0 Å². The zero-order valence-electron chi connectivity index (χ0n) is 31.8. The second kappa shape index (κ2) is 17.3. The third-order valence-electron chi connectivity index (χ3n) is 10.7. The summed E-state index contributed by atoms with van der Waals surface area (Å²) in [5.74, 6) is 0.180. The zero-order chi connectivity index (χ0) is 36.4. The molecule has 0 amide bonds. The Kier molecular flexibility index (Phi) is 13.5. The van der Waals surface area contributed by atoms with E-state index in [2.05, 4.69) is 177 Å². The van der Waals surface area contributed by atoms with Gasteiger partial charge in [0.25, 0.3) is 0 Å². The molecule has 50 heavy (non-hydrogen) atoms. The Labute approximate surface area is 304 Å². The molecule has 2 aromatic rings. The normalized spacial score (nSPS) is 22.8. The summed E-state index contributed by atoms with van der Waals surface area (Å²) in [5.41, 5.74) is 7.31. The summed E-state index contributed by atoms with van der Waals surface area (Å²) >= 11 is 0. The van der Waals surface area contributed by atoms with Gasteiger partial charge in [0.2, 0.25) is 0 Å². The average Bonchev–Trinajstić information content (AvgIpc) is 3.33. The zero-order valence-corrected chi connectivity index (χ0v) is 31.8. The number of hydrogen-bond acceptors (Lipinski definition) is 2. The van der Waals surface area contributed by atoms with Crippen LogP contribution in [-0.4, -0.2) is 18.3 Å². The van der Waals surface area contributed by atoms with Gasteiger partial charge in [0.15, 0.2) is 0 Å². The quantitative estimate of drug-likeness (QED) is 0.0768.